The van der Waals surface area contributed by atoms with Crippen LogP contribution in [0.2, 0.25) is 5.02 Å². The number of hydrogen-bond acceptors (Lipinski definition) is 2. The maximum Gasteiger partial charge on any atom is 0.187 e. The summed E-state index contributed by atoms with van der Waals surface area (Å²) >= 11 is 6.42. The van der Waals surface area contributed by atoms with Crippen LogP contribution in [0.5, 0.6) is 11.5 Å². The number of likely N-dealkylation sites (N-methyl/N-ethyl adjacent to an activating group) is 1. The van der Waals surface area contributed by atoms with Gasteiger partial charge in [0.1, 0.15) is 17.7 Å². The minimum Gasteiger partial charge on any atom is -0.456 e. The Labute approximate surface area is 236 Å². The van der Waals surface area contributed by atoms with E-state index in [1.54, 1.807) is 0 Å². The summed E-state index contributed by atoms with van der Waals surface area (Å²) in [7, 11) is 2.28. The number of quaternary nitrogens is 1. The lowest BCUT2D eigenvalue weighted by molar-refractivity contribution is -0.875. The molecule has 0 amide bonds. The van der Waals surface area contributed by atoms with Crippen LogP contribution in [0, 0.1) is 5.41 Å². The molecule has 3 nitrogen and oxygen atoms in total. The zero-order valence-electron chi connectivity index (χ0n) is 24.2. The Hall–Kier alpha value is -1.81. The zero-order valence-corrected chi connectivity index (χ0v) is 25.0. The van der Waals surface area contributed by atoms with E-state index in [0.717, 1.165) is 39.7 Å². The summed E-state index contributed by atoms with van der Waals surface area (Å²) in [6.07, 6.45) is 17.5. The second-order valence-electron chi connectivity index (χ2n) is 12.7. The molecule has 1 unspecified atom stereocenters. The number of nitrogens with zero attached hydrogens (tertiary/aromatic N) is 1. The maximum atomic E-state index is 6.44. The van der Waals surface area contributed by atoms with Crippen LogP contribution in [0.3, 0.4) is 0 Å². The first-order chi connectivity index (χ1) is 18.3. The molecule has 2 aromatic rings. The lowest BCUT2D eigenvalue weighted by Gasteiger charge is -2.30. The molecule has 2 aliphatic heterocycles. The summed E-state index contributed by atoms with van der Waals surface area (Å²) < 4.78 is 13.5. The van der Waals surface area contributed by atoms with Gasteiger partial charge in [0.2, 0.25) is 0 Å². The molecule has 38 heavy (non-hydrogen) atoms. The first-order valence-electron chi connectivity index (χ1n) is 15.0. The number of benzene rings is 2. The van der Waals surface area contributed by atoms with E-state index in [-0.39, 0.29) is 11.3 Å². The molecule has 4 rings (SSSR count). The van der Waals surface area contributed by atoms with Crippen LogP contribution in [0.15, 0.2) is 48.7 Å². The summed E-state index contributed by atoms with van der Waals surface area (Å²) in [4.78, 5) is 0. The highest BCUT2D eigenvalue weighted by molar-refractivity contribution is 6.30. The lowest BCUT2D eigenvalue weighted by atomic mass is 9.87. The molecule has 4 heteroatoms. The molecular formula is C34H49ClNO2+. The second-order valence-corrected chi connectivity index (χ2v) is 13.1. The zero-order chi connectivity index (χ0) is 27.0. The topological polar surface area (TPSA) is 18.5 Å². The molecule has 0 radical (unpaired) electrons. The summed E-state index contributed by atoms with van der Waals surface area (Å²) in [6.45, 7) is 9.45. The minimum atomic E-state index is 0.205. The molecular weight excluding hydrogens is 490 g/mol. The van der Waals surface area contributed by atoms with Crippen molar-refractivity contribution in [3.63, 3.8) is 0 Å². The van der Waals surface area contributed by atoms with Gasteiger partial charge in [0.05, 0.1) is 26.1 Å². The highest BCUT2D eigenvalue weighted by atomic mass is 35.5. The molecule has 0 fully saturated rings. The van der Waals surface area contributed by atoms with Crippen LogP contribution in [-0.2, 0) is 4.74 Å². The molecule has 0 saturated heterocycles. The normalized spacial score (nSPS) is 20.2. The van der Waals surface area contributed by atoms with Crippen molar-refractivity contribution in [3.8, 4) is 11.5 Å². The van der Waals surface area contributed by atoms with E-state index in [2.05, 4.69) is 52.2 Å². The molecule has 2 heterocycles. The van der Waals surface area contributed by atoms with E-state index in [1.807, 2.05) is 24.3 Å². The van der Waals surface area contributed by atoms with Gasteiger partial charge in [-0.25, -0.2) is 0 Å². The fraction of sp³-hybridized carbons (Fsp3) is 0.588. The van der Waals surface area contributed by atoms with Crippen LogP contribution in [-0.4, -0.2) is 31.4 Å². The lowest BCUT2D eigenvalue weighted by Crippen LogP contribution is -2.41. The number of para-hydroxylation sites is 1. The first kappa shape index (κ1) is 29.2. The second kappa shape index (κ2) is 13.5. The van der Waals surface area contributed by atoms with Crippen molar-refractivity contribution in [2.75, 3.05) is 26.9 Å². The minimum absolute atomic E-state index is 0.205. The van der Waals surface area contributed by atoms with Gasteiger partial charge >= 0.3 is 0 Å². The van der Waals surface area contributed by atoms with E-state index in [4.69, 9.17) is 21.1 Å². The van der Waals surface area contributed by atoms with Gasteiger partial charge in [-0.3, -0.25) is 4.48 Å². The molecule has 0 N–H and O–H groups in total. The Balaban J connectivity index is 1.27. The molecule has 208 valence electrons. The molecule has 2 aliphatic rings. The molecule has 0 saturated carbocycles. The molecule has 0 aromatic heterocycles. The number of hydrogen-bond donors (Lipinski definition) is 0. The summed E-state index contributed by atoms with van der Waals surface area (Å²) in [5.41, 5.74) is 3.84. The molecule has 2 aromatic carbocycles. The highest BCUT2D eigenvalue weighted by Crippen LogP contribution is 2.50. The van der Waals surface area contributed by atoms with Crippen LogP contribution in [0.4, 0.5) is 0 Å². The predicted molar refractivity (Wildman–Crippen MR) is 161 cm³/mol. The monoisotopic (exact) mass is 538 g/mol. The van der Waals surface area contributed by atoms with Crippen molar-refractivity contribution in [2.45, 2.75) is 97.3 Å². The van der Waals surface area contributed by atoms with Crippen molar-refractivity contribution in [3.05, 3.63) is 64.8 Å². The van der Waals surface area contributed by atoms with Crippen molar-refractivity contribution in [1.82, 2.24) is 0 Å². The fourth-order valence-corrected chi connectivity index (χ4v) is 6.27. The SMILES string of the molecule is CCCCCCCCCCCCC(C)(C)COC[N+]1(C)C=C2c3cc(Cl)ccc3Oc3ccccc3[C@H]2C1. The summed E-state index contributed by atoms with van der Waals surface area (Å²) in [5, 5.41) is 0.740. The van der Waals surface area contributed by atoms with Crippen molar-refractivity contribution < 1.29 is 14.0 Å². The number of fused-ring (bicyclic) bond motifs is 5. The van der Waals surface area contributed by atoms with Gasteiger partial charge in [-0.15, -0.1) is 0 Å². The Morgan fingerprint density at radius 2 is 1.61 bits per heavy atom. The molecule has 2 atom stereocenters. The molecule has 0 aliphatic carbocycles. The van der Waals surface area contributed by atoms with Crippen molar-refractivity contribution in [1.29, 1.82) is 0 Å². The summed E-state index contributed by atoms with van der Waals surface area (Å²) in [5.74, 6) is 2.08. The Morgan fingerprint density at radius 3 is 2.34 bits per heavy atom. The third-order valence-corrected chi connectivity index (χ3v) is 8.51. The first-order valence-corrected chi connectivity index (χ1v) is 15.4. The largest absolute Gasteiger partial charge is 0.456 e. The van der Waals surface area contributed by atoms with Gasteiger partial charge in [0.15, 0.2) is 6.73 Å². The number of ether oxygens (including phenoxy) is 2. The van der Waals surface area contributed by atoms with Crippen LogP contribution >= 0.6 is 11.6 Å². The maximum absolute atomic E-state index is 6.44. The smallest absolute Gasteiger partial charge is 0.187 e. The van der Waals surface area contributed by atoms with Crippen LogP contribution in [0.25, 0.3) is 5.57 Å². The Morgan fingerprint density at radius 1 is 0.921 bits per heavy atom. The van der Waals surface area contributed by atoms with Crippen LogP contribution < -0.4 is 4.74 Å². The van der Waals surface area contributed by atoms with Gasteiger partial charge in [-0.1, -0.05) is 115 Å². The number of rotatable bonds is 15. The van der Waals surface area contributed by atoms with Gasteiger partial charge in [-0.05, 0) is 36.1 Å². The van der Waals surface area contributed by atoms with Gasteiger partial charge < -0.3 is 9.47 Å². The summed E-state index contributed by atoms with van der Waals surface area (Å²) in [6, 6.07) is 14.4. The van der Waals surface area contributed by atoms with Gasteiger partial charge in [0.25, 0.3) is 0 Å². The average molecular weight is 539 g/mol. The fourth-order valence-electron chi connectivity index (χ4n) is 6.10. The molecule has 0 bridgehead atoms. The van der Waals surface area contributed by atoms with E-state index in [1.165, 1.54) is 81.8 Å². The average Bonchev–Trinajstić information content (AvgIpc) is 3.18. The quantitative estimate of drug-likeness (QED) is 0.166. The van der Waals surface area contributed by atoms with Gasteiger partial charge in [-0.2, -0.15) is 0 Å². The Kier molecular flexibility index (Phi) is 10.4. The van der Waals surface area contributed by atoms with E-state index in [0.29, 0.717) is 6.73 Å². The number of halogens is 1. The highest BCUT2D eigenvalue weighted by Gasteiger charge is 2.41. The Bertz CT molecular complexity index is 1080. The van der Waals surface area contributed by atoms with E-state index in [9.17, 15) is 0 Å². The molecule has 0 spiro atoms. The van der Waals surface area contributed by atoms with E-state index >= 15 is 0 Å². The van der Waals surface area contributed by atoms with E-state index < -0.39 is 0 Å². The number of unbranched alkanes of at least 4 members (excludes halogenated alkanes) is 9. The van der Waals surface area contributed by atoms with Crippen molar-refractivity contribution >= 4 is 17.2 Å². The standard InChI is InChI=1S/C34H49ClNO2/c1-5-6-7-8-9-10-11-12-13-16-21-34(2,3)25-37-26-36(4)23-30-28-17-14-15-18-32(28)38-33-20-19-27(35)22-29(33)31(30)24-36/h14-15,17-20,22,24,30H,5-13,16,21,23,25-26H2,1-4H3/q+1/t30-,36?/m1/s1. The third kappa shape index (κ3) is 7.87. The van der Waals surface area contributed by atoms with Crippen molar-refractivity contribution in [2.24, 2.45) is 5.41 Å². The van der Waals surface area contributed by atoms with Crippen LogP contribution in [0.1, 0.15) is 108 Å². The predicted octanol–water partition coefficient (Wildman–Crippen LogP) is 10.3. The van der Waals surface area contributed by atoms with Gasteiger partial charge in [0, 0.05) is 21.7 Å². The third-order valence-electron chi connectivity index (χ3n) is 8.28.